The van der Waals surface area contributed by atoms with E-state index >= 15 is 0 Å². The van der Waals surface area contributed by atoms with Gasteiger partial charge in [-0.1, -0.05) is 0 Å². The third kappa shape index (κ3) is 2.57. The van der Waals surface area contributed by atoms with Crippen LogP contribution in [0, 0.1) is 0 Å². The van der Waals surface area contributed by atoms with E-state index in [0.717, 1.165) is 6.20 Å². The zero-order valence-electron chi connectivity index (χ0n) is 12.8. The van der Waals surface area contributed by atoms with Crippen LogP contribution in [0.15, 0.2) is 43.1 Å². The van der Waals surface area contributed by atoms with Gasteiger partial charge >= 0.3 is 6.18 Å². The number of aryl methyl sites for hydroxylation is 2. The van der Waals surface area contributed by atoms with E-state index in [-0.39, 0.29) is 17.8 Å². The number of halogens is 3. The number of benzene rings is 1. The van der Waals surface area contributed by atoms with E-state index in [4.69, 9.17) is 0 Å². The maximum atomic E-state index is 13.5. The fourth-order valence-corrected chi connectivity index (χ4v) is 3.03. The standard InChI is InChI=1S/C16H12F3N5O/c17-16(18,19)15-14-12(3-4-21-15)11-2-1-10(25)7-13(11)24(14)6-5-23-9-20-8-22-23/h1-4,7-9,25H,5-6H2. The number of phenols is 1. The predicted molar refractivity (Wildman–Crippen MR) is 83.9 cm³/mol. The number of aromatic nitrogens is 5. The largest absolute Gasteiger partial charge is 0.508 e. The lowest BCUT2D eigenvalue weighted by atomic mass is 10.1. The summed E-state index contributed by atoms with van der Waals surface area (Å²) in [7, 11) is 0. The summed E-state index contributed by atoms with van der Waals surface area (Å²) in [6, 6.07) is 6.07. The van der Waals surface area contributed by atoms with E-state index in [2.05, 4.69) is 15.1 Å². The molecule has 4 rings (SSSR count). The molecule has 128 valence electrons. The van der Waals surface area contributed by atoms with Crippen LogP contribution in [0.4, 0.5) is 13.2 Å². The average molecular weight is 347 g/mol. The van der Waals surface area contributed by atoms with Crippen molar-refractivity contribution >= 4 is 21.8 Å². The first-order valence-corrected chi connectivity index (χ1v) is 7.44. The van der Waals surface area contributed by atoms with Gasteiger partial charge in [0.2, 0.25) is 0 Å². The Labute approximate surface area is 139 Å². The number of fused-ring (bicyclic) bond motifs is 3. The fraction of sp³-hybridized carbons (Fsp3) is 0.188. The summed E-state index contributed by atoms with van der Waals surface area (Å²) in [5.41, 5.74) is -0.441. The van der Waals surface area contributed by atoms with Crippen molar-refractivity contribution in [3.8, 4) is 5.75 Å². The van der Waals surface area contributed by atoms with Crippen molar-refractivity contribution in [2.45, 2.75) is 19.3 Å². The quantitative estimate of drug-likeness (QED) is 0.618. The summed E-state index contributed by atoms with van der Waals surface area (Å²) in [6.45, 7) is 0.558. The Kier molecular flexibility index (Phi) is 3.38. The lowest BCUT2D eigenvalue weighted by molar-refractivity contribution is -0.140. The monoisotopic (exact) mass is 347 g/mol. The van der Waals surface area contributed by atoms with E-state index < -0.39 is 11.9 Å². The highest BCUT2D eigenvalue weighted by Gasteiger charge is 2.36. The molecule has 6 nitrogen and oxygen atoms in total. The SMILES string of the molecule is Oc1ccc2c3ccnc(C(F)(F)F)c3n(CCn3cncn3)c2c1. The van der Waals surface area contributed by atoms with E-state index in [1.165, 1.54) is 34.0 Å². The molecule has 1 N–H and O–H groups in total. The van der Waals surface area contributed by atoms with Crippen LogP contribution < -0.4 is 0 Å². The molecule has 25 heavy (non-hydrogen) atoms. The van der Waals surface area contributed by atoms with Gasteiger partial charge in [-0.3, -0.25) is 4.68 Å². The highest BCUT2D eigenvalue weighted by molar-refractivity contribution is 6.09. The topological polar surface area (TPSA) is 68.8 Å². The van der Waals surface area contributed by atoms with Crippen LogP contribution in [0.2, 0.25) is 0 Å². The van der Waals surface area contributed by atoms with Crippen LogP contribution in [0.25, 0.3) is 21.8 Å². The zero-order valence-corrected chi connectivity index (χ0v) is 12.8. The van der Waals surface area contributed by atoms with E-state index in [1.54, 1.807) is 12.1 Å². The first-order valence-electron chi connectivity index (χ1n) is 7.44. The summed E-state index contributed by atoms with van der Waals surface area (Å²) in [4.78, 5) is 7.39. The molecule has 0 atom stereocenters. The molecule has 0 aliphatic rings. The van der Waals surface area contributed by atoms with Crippen molar-refractivity contribution < 1.29 is 18.3 Å². The molecule has 0 bridgehead atoms. The summed E-state index contributed by atoms with van der Waals surface area (Å²) in [6.07, 6.45) is -0.575. The Morgan fingerprint density at radius 1 is 1.08 bits per heavy atom. The molecule has 0 saturated carbocycles. The van der Waals surface area contributed by atoms with E-state index in [9.17, 15) is 18.3 Å². The number of phenolic OH excluding ortho intramolecular Hbond substituents is 1. The summed E-state index contributed by atoms with van der Waals surface area (Å²) in [5.74, 6) is -0.0150. The molecule has 0 spiro atoms. The molecular formula is C16H12F3N5O. The lowest BCUT2D eigenvalue weighted by Gasteiger charge is -2.12. The van der Waals surface area contributed by atoms with Gasteiger partial charge < -0.3 is 9.67 Å². The second-order valence-electron chi connectivity index (χ2n) is 5.57. The van der Waals surface area contributed by atoms with Crippen LogP contribution in [-0.2, 0) is 19.3 Å². The van der Waals surface area contributed by atoms with Crippen LogP contribution >= 0.6 is 0 Å². The first-order chi connectivity index (χ1) is 11.9. The third-order valence-corrected chi connectivity index (χ3v) is 4.04. The Hall–Kier alpha value is -3.10. The molecule has 1 aromatic carbocycles. The lowest BCUT2D eigenvalue weighted by Crippen LogP contribution is -2.13. The minimum absolute atomic E-state index is 0.00397. The number of pyridine rings is 1. The first kappa shape index (κ1) is 15.4. The maximum Gasteiger partial charge on any atom is 0.435 e. The van der Waals surface area contributed by atoms with E-state index in [0.29, 0.717) is 22.8 Å². The molecule has 0 fully saturated rings. The Bertz CT molecular complexity index is 1050. The number of hydrogen-bond donors (Lipinski definition) is 1. The molecule has 0 unspecified atom stereocenters. The van der Waals surface area contributed by atoms with Gasteiger partial charge in [-0.25, -0.2) is 9.97 Å². The Morgan fingerprint density at radius 3 is 2.64 bits per heavy atom. The number of nitrogens with zero attached hydrogens (tertiary/aromatic N) is 5. The van der Waals surface area contributed by atoms with Gasteiger partial charge in [0.25, 0.3) is 0 Å². The molecule has 0 aliphatic heterocycles. The van der Waals surface area contributed by atoms with Crippen LogP contribution in [0.5, 0.6) is 5.75 Å². The molecule has 9 heteroatoms. The predicted octanol–water partition coefficient (Wildman–Crippen LogP) is 3.21. The van der Waals surface area contributed by atoms with Gasteiger partial charge in [-0.05, 0) is 18.2 Å². The molecule has 3 aromatic heterocycles. The van der Waals surface area contributed by atoms with Crippen molar-refractivity contribution in [3.63, 3.8) is 0 Å². The van der Waals surface area contributed by atoms with Gasteiger partial charge in [-0.2, -0.15) is 18.3 Å². The molecule has 4 aromatic rings. The van der Waals surface area contributed by atoms with Crippen molar-refractivity contribution in [1.82, 2.24) is 24.3 Å². The van der Waals surface area contributed by atoms with Crippen molar-refractivity contribution in [2.75, 3.05) is 0 Å². The molecule has 0 saturated heterocycles. The number of alkyl halides is 3. The second kappa shape index (κ2) is 5.47. The molecule has 0 aliphatic carbocycles. The van der Waals surface area contributed by atoms with Crippen molar-refractivity contribution in [1.29, 1.82) is 0 Å². The van der Waals surface area contributed by atoms with Gasteiger partial charge in [0.1, 0.15) is 18.4 Å². The van der Waals surface area contributed by atoms with Crippen LogP contribution in [0.3, 0.4) is 0 Å². The smallest absolute Gasteiger partial charge is 0.435 e. The molecule has 0 radical (unpaired) electrons. The van der Waals surface area contributed by atoms with Gasteiger partial charge in [-0.15, -0.1) is 0 Å². The highest BCUT2D eigenvalue weighted by Crippen LogP contribution is 2.38. The fourth-order valence-electron chi connectivity index (χ4n) is 3.03. The number of aromatic hydroxyl groups is 1. The summed E-state index contributed by atoms with van der Waals surface area (Å²) >= 11 is 0. The summed E-state index contributed by atoms with van der Waals surface area (Å²) < 4.78 is 43.4. The maximum absolute atomic E-state index is 13.5. The Morgan fingerprint density at radius 2 is 1.92 bits per heavy atom. The second-order valence-corrected chi connectivity index (χ2v) is 5.57. The van der Waals surface area contributed by atoms with Gasteiger partial charge in [0, 0.05) is 29.6 Å². The van der Waals surface area contributed by atoms with Crippen LogP contribution in [-0.4, -0.2) is 29.4 Å². The molecule has 3 heterocycles. The highest BCUT2D eigenvalue weighted by atomic mass is 19.4. The molecular weight excluding hydrogens is 335 g/mol. The van der Waals surface area contributed by atoms with E-state index in [1.807, 2.05) is 0 Å². The average Bonchev–Trinajstić information content (AvgIpc) is 3.17. The van der Waals surface area contributed by atoms with Crippen LogP contribution in [0.1, 0.15) is 5.69 Å². The zero-order chi connectivity index (χ0) is 17.6. The Balaban J connectivity index is 1.99. The molecule has 0 amide bonds. The van der Waals surface area contributed by atoms with Crippen molar-refractivity contribution in [3.05, 3.63) is 48.8 Å². The number of rotatable bonds is 3. The third-order valence-electron chi connectivity index (χ3n) is 4.04. The van der Waals surface area contributed by atoms with Gasteiger partial charge in [0.15, 0.2) is 5.69 Å². The normalized spacial score (nSPS) is 12.3. The number of hydrogen-bond acceptors (Lipinski definition) is 4. The minimum Gasteiger partial charge on any atom is -0.508 e. The minimum atomic E-state index is -4.58. The summed E-state index contributed by atoms with van der Waals surface area (Å²) in [5, 5.41) is 14.8. The van der Waals surface area contributed by atoms with Gasteiger partial charge in [0.05, 0.1) is 17.6 Å². The van der Waals surface area contributed by atoms with Crippen molar-refractivity contribution in [2.24, 2.45) is 0 Å².